The third-order valence-corrected chi connectivity index (χ3v) is 4.58. The quantitative estimate of drug-likeness (QED) is 0.860. The second kappa shape index (κ2) is 6.41. The molecule has 1 aliphatic rings. The van der Waals surface area contributed by atoms with Crippen LogP contribution in [0.25, 0.3) is 0 Å². The van der Waals surface area contributed by atoms with Gasteiger partial charge in [-0.05, 0) is 43.2 Å². The van der Waals surface area contributed by atoms with E-state index in [-0.39, 0.29) is 5.41 Å². The van der Waals surface area contributed by atoms with Crippen LogP contribution in [0.1, 0.15) is 59.1 Å². The van der Waals surface area contributed by atoms with E-state index < -0.39 is 0 Å². The van der Waals surface area contributed by atoms with E-state index in [9.17, 15) is 0 Å². The lowest BCUT2D eigenvalue weighted by atomic mass is 9.86. The Bertz CT molecular complexity index is 525. The molecule has 1 aromatic carbocycles. The van der Waals surface area contributed by atoms with Gasteiger partial charge in [-0.15, -0.1) is 0 Å². The van der Waals surface area contributed by atoms with Gasteiger partial charge in [0.1, 0.15) is 5.84 Å². The zero-order chi connectivity index (χ0) is 16.5. The highest BCUT2D eigenvalue weighted by Gasteiger charge is 2.26. The highest BCUT2D eigenvalue weighted by atomic mass is 15.5. The van der Waals surface area contributed by atoms with Gasteiger partial charge in [0.2, 0.25) is 0 Å². The smallest absolute Gasteiger partial charge is 0.117 e. The molecule has 22 heavy (non-hydrogen) atoms. The zero-order valence-electron chi connectivity index (χ0n) is 14.9. The molecule has 0 saturated heterocycles. The van der Waals surface area contributed by atoms with Crippen LogP contribution in [0.2, 0.25) is 0 Å². The molecule has 0 bridgehead atoms. The molecule has 0 amide bonds. The number of aliphatic imine (C=N–C) groups is 1. The second-order valence-electron chi connectivity index (χ2n) is 7.88. The van der Waals surface area contributed by atoms with Crippen LogP contribution in [0.3, 0.4) is 0 Å². The number of nitrogens with zero attached hydrogens (tertiary/aromatic N) is 2. The SMILES string of the molecule is CC(Cc1ccc(C(C)(C)C)cc1)C1=N[C@H](C)C[C@H](C)N1N. The number of hydrazine groups is 1. The molecule has 0 radical (unpaired) electrons. The molecule has 0 aromatic heterocycles. The number of hydrogen-bond acceptors (Lipinski definition) is 3. The summed E-state index contributed by atoms with van der Waals surface area (Å²) >= 11 is 0. The summed E-state index contributed by atoms with van der Waals surface area (Å²) in [4.78, 5) is 4.78. The number of benzene rings is 1. The van der Waals surface area contributed by atoms with E-state index in [0.29, 0.717) is 18.0 Å². The maximum Gasteiger partial charge on any atom is 0.117 e. The molecule has 1 aliphatic heterocycles. The molecule has 0 saturated carbocycles. The van der Waals surface area contributed by atoms with Crippen molar-refractivity contribution in [1.29, 1.82) is 0 Å². The molecule has 1 heterocycles. The summed E-state index contributed by atoms with van der Waals surface area (Å²) in [5, 5.41) is 1.87. The first-order chi connectivity index (χ1) is 10.2. The Labute approximate surface area is 135 Å². The van der Waals surface area contributed by atoms with Gasteiger partial charge in [0.25, 0.3) is 0 Å². The molecule has 0 fully saturated rings. The molecule has 3 heteroatoms. The molecule has 3 atom stereocenters. The van der Waals surface area contributed by atoms with Crippen LogP contribution in [0.5, 0.6) is 0 Å². The maximum absolute atomic E-state index is 6.22. The van der Waals surface area contributed by atoms with Gasteiger partial charge in [-0.3, -0.25) is 10.0 Å². The molecule has 1 aromatic rings. The first-order valence-electron chi connectivity index (χ1n) is 8.39. The third-order valence-electron chi connectivity index (χ3n) is 4.58. The minimum Gasteiger partial charge on any atom is -0.296 e. The maximum atomic E-state index is 6.22. The Morgan fingerprint density at radius 1 is 1.23 bits per heavy atom. The first kappa shape index (κ1) is 17.0. The Morgan fingerprint density at radius 3 is 2.36 bits per heavy atom. The molecule has 1 unspecified atom stereocenters. The van der Waals surface area contributed by atoms with Crippen molar-refractivity contribution in [3.63, 3.8) is 0 Å². The van der Waals surface area contributed by atoms with Gasteiger partial charge < -0.3 is 0 Å². The summed E-state index contributed by atoms with van der Waals surface area (Å²) in [5.41, 5.74) is 2.93. The van der Waals surface area contributed by atoms with Gasteiger partial charge in [-0.25, -0.2) is 5.84 Å². The topological polar surface area (TPSA) is 41.6 Å². The average Bonchev–Trinajstić information content (AvgIpc) is 2.42. The molecule has 2 N–H and O–H groups in total. The Hall–Kier alpha value is -1.35. The minimum absolute atomic E-state index is 0.205. The van der Waals surface area contributed by atoms with Crippen LogP contribution in [0.15, 0.2) is 29.3 Å². The summed E-state index contributed by atoms with van der Waals surface area (Å²) in [6, 6.07) is 9.72. The van der Waals surface area contributed by atoms with Gasteiger partial charge in [-0.2, -0.15) is 0 Å². The lowest BCUT2D eigenvalue weighted by Gasteiger charge is -2.36. The zero-order valence-corrected chi connectivity index (χ0v) is 14.9. The Balaban J connectivity index is 2.10. The Morgan fingerprint density at radius 2 is 1.82 bits per heavy atom. The van der Waals surface area contributed by atoms with E-state index in [4.69, 9.17) is 10.8 Å². The predicted molar refractivity (Wildman–Crippen MR) is 95.0 cm³/mol. The first-order valence-corrected chi connectivity index (χ1v) is 8.39. The summed E-state index contributed by atoms with van der Waals surface area (Å²) < 4.78 is 0. The molecule has 2 rings (SSSR count). The number of hydrogen-bond donors (Lipinski definition) is 1. The van der Waals surface area contributed by atoms with Gasteiger partial charge in [-0.1, -0.05) is 52.0 Å². The van der Waals surface area contributed by atoms with Crippen molar-refractivity contribution in [2.75, 3.05) is 0 Å². The lowest BCUT2D eigenvalue weighted by Crippen LogP contribution is -2.51. The fraction of sp³-hybridized carbons (Fsp3) is 0.632. The van der Waals surface area contributed by atoms with Crippen molar-refractivity contribution in [1.82, 2.24) is 5.01 Å². The molecular formula is C19H31N3. The number of rotatable bonds is 3. The van der Waals surface area contributed by atoms with Gasteiger partial charge in [0.05, 0.1) is 6.04 Å². The molecular weight excluding hydrogens is 270 g/mol. The summed E-state index contributed by atoms with van der Waals surface area (Å²) in [6.45, 7) is 13.3. The van der Waals surface area contributed by atoms with E-state index in [1.54, 1.807) is 0 Å². The van der Waals surface area contributed by atoms with Crippen LogP contribution < -0.4 is 5.84 Å². The van der Waals surface area contributed by atoms with E-state index >= 15 is 0 Å². The predicted octanol–water partition coefficient (Wildman–Crippen LogP) is 3.92. The van der Waals surface area contributed by atoms with Crippen molar-refractivity contribution < 1.29 is 0 Å². The van der Waals surface area contributed by atoms with Crippen molar-refractivity contribution in [3.05, 3.63) is 35.4 Å². The fourth-order valence-electron chi connectivity index (χ4n) is 3.15. The highest BCUT2D eigenvalue weighted by molar-refractivity contribution is 5.85. The normalized spacial score (nSPS) is 24.1. The van der Waals surface area contributed by atoms with Crippen LogP contribution in [-0.2, 0) is 11.8 Å². The van der Waals surface area contributed by atoms with E-state index in [2.05, 4.69) is 65.8 Å². The Kier molecular flexibility index (Phi) is 4.96. The molecule has 0 spiro atoms. The van der Waals surface area contributed by atoms with E-state index in [1.165, 1.54) is 11.1 Å². The van der Waals surface area contributed by atoms with E-state index in [0.717, 1.165) is 18.7 Å². The minimum atomic E-state index is 0.205. The fourth-order valence-corrected chi connectivity index (χ4v) is 3.15. The van der Waals surface area contributed by atoms with Gasteiger partial charge in [0.15, 0.2) is 0 Å². The highest BCUT2D eigenvalue weighted by Crippen LogP contribution is 2.24. The number of nitrogens with two attached hydrogens (primary N) is 1. The van der Waals surface area contributed by atoms with Gasteiger partial charge in [0, 0.05) is 12.0 Å². The summed E-state index contributed by atoms with van der Waals surface area (Å²) in [6.07, 6.45) is 2.02. The third kappa shape index (κ3) is 3.89. The van der Waals surface area contributed by atoms with Crippen molar-refractivity contribution in [3.8, 4) is 0 Å². The van der Waals surface area contributed by atoms with Crippen molar-refractivity contribution in [2.24, 2.45) is 16.8 Å². The monoisotopic (exact) mass is 301 g/mol. The number of amidine groups is 1. The second-order valence-corrected chi connectivity index (χ2v) is 7.88. The van der Waals surface area contributed by atoms with Crippen LogP contribution in [0, 0.1) is 5.92 Å². The molecule has 122 valence electrons. The van der Waals surface area contributed by atoms with Gasteiger partial charge >= 0.3 is 0 Å². The summed E-state index contributed by atoms with van der Waals surface area (Å²) in [5.74, 6) is 7.61. The van der Waals surface area contributed by atoms with Crippen LogP contribution in [0.4, 0.5) is 0 Å². The van der Waals surface area contributed by atoms with E-state index in [1.807, 2.05) is 5.01 Å². The van der Waals surface area contributed by atoms with Crippen molar-refractivity contribution in [2.45, 2.75) is 71.9 Å². The van der Waals surface area contributed by atoms with Crippen molar-refractivity contribution >= 4 is 5.84 Å². The largest absolute Gasteiger partial charge is 0.296 e. The van der Waals surface area contributed by atoms with Crippen LogP contribution in [-0.4, -0.2) is 22.9 Å². The standard InChI is InChI=1S/C19H31N3/c1-13(18-21-14(2)12-15(3)22(18)20)11-16-7-9-17(10-8-16)19(4,5)6/h7-10,13-15H,11-12,20H2,1-6H3/t13?,14-,15+/m1/s1. The average molecular weight is 301 g/mol. The molecule has 0 aliphatic carbocycles. The summed E-state index contributed by atoms with van der Waals surface area (Å²) in [7, 11) is 0. The molecule has 3 nitrogen and oxygen atoms in total. The van der Waals surface area contributed by atoms with Crippen LogP contribution >= 0.6 is 0 Å². The lowest BCUT2D eigenvalue weighted by molar-refractivity contribution is 0.273.